The highest BCUT2D eigenvalue weighted by Crippen LogP contribution is 2.38. The van der Waals surface area contributed by atoms with Crippen LogP contribution in [0.4, 0.5) is 10.1 Å². The zero-order valence-corrected chi connectivity index (χ0v) is 17.0. The van der Waals surface area contributed by atoms with Gasteiger partial charge in [0.25, 0.3) is 0 Å². The third-order valence-electron chi connectivity index (χ3n) is 5.26. The maximum atomic E-state index is 13.7. The monoisotopic (exact) mass is 418 g/mol. The number of hydrogen-bond acceptors (Lipinski definition) is 4. The van der Waals surface area contributed by atoms with Crippen molar-refractivity contribution in [2.45, 2.75) is 29.6 Å². The molecule has 0 spiro atoms. The number of rotatable bonds is 3. The van der Waals surface area contributed by atoms with Crippen LogP contribution < -0.4 is 4.90 Å². The lowest BCUT2D eigenvalue weighted by Crippen LogP contribution is -2.34. The number of fused-ring (bicyclic) bond motifs is 1. The second-order valence-corrected chi connectivity index (χ2v) is 9.62. The molecule has 28 heavy (non-hydrogen) atoms. The van der Waals surface area contributed by atoms with Gasteiger partial charge in [0, 0.05) is 29.7 Å². The van der Waals surface area contributed by atoms with E-state index in [-0.39, 0.29) is 9.79 Å². The average molecular weight is 419 g/mol. The molecule has 0 aliphatic carbocycles. The summed E-state index contributed by atoms with van der Waals surface area (Å²) in [7, 11) is -3.95. The largest absolute Gasteiger partial charge is 0.370 e. The molecule has 0 radical (unpaired) electrons. The molecule has 1 aromatic heterocycles. The number of aromatic nitrogens is 1. The van der Waals surface area contributed by atoms with Crippen molar-refractivity contribution in [2.24, 2.45) is 5.92 Å². The highest BCUT2D eigenvalue weighted by atomic mass is 35.5. The number of sulfone groups is 1. The number of benzene rings is 2. The van der Waals surface area contributed by atoms with Gasteiger partial charge in [0.15, 0.2) is 0 Å². The smallest absolute Gasteiger partial charge is 0.210 e. The predicted octanol–water partition coefficient (Wildman–Crippen LogP) is 5.10. The zero-order chi connectivity index (χ0) is 19.9. The standard InChI is InChI=1S/C21H20ClFN2O2S/c1-14-7-9-25(10-8-14)21-18-11-15(22)5-6-19(18)24-13-20(21)28(26,27)17-4-2-3-16(23)12-17/h2-6,11-14H,7-10H2,1H3. The second kappa shape index (κ2) is 7.33. The SMILES string of the molecule is CC1CCN(c2c(S(=O)(=O)c3cccc(F)c3)cnc3ccc(Cl)cc23)CC1. The average Bonchev–Trinajstić information content (AvgIpc) is 2.68. The molecule has 0 bridgehead atoms. The van der Waals surface area contributed by atoms with E-state index in [0.29, 0.717) is 27.5 Å². The maximum Gasteiger partial charge on any atom is 0.210 e. The Kier molecular flexibility index (Phi) is 5.02. The third-order valence-corrected chi connectivity index (χ3v) is 7.25. The molecule has 1 saturated heterocycles. The number of anilines is 1. The van der Waals surface area contributed by atoms with Gasteiger partial charge in [-0.3, -0.25) is 4.98 Å². The summed E-state index contributed by atoms with van der Waals surface area (Å²) in [6, 6.07) is 10.3. The molecule has 1 fully saturated rings. The van der Waals surface area contributed by atoms with E-state index in [1.807, 2.05) is 0 Å². The van der Waals surface area contributed by atoms with Crippen LogP contribution in [0.25, 0.3) is 10.9 Å². The summed E-state index contributed by atoms with van der Waals surface area (Å²) in [6.07, 6.45) is 3.33. The number of hydrogen-bond donors (Lipinski definition) is 0. The summed E-state index contributed by atoms with van der Waals surface area (Å²) in [5.74, 6) is 0.00225. The van der Waals surface area contributed by atoms with Crippen molar-refractivity contribution < 1.29 is 12.8 Å². The Hall–Kier alpha value is -2.18. The van der Waals surface area contributed by atoms with E-state index in [4.69, 9.17) is 11.6 Å². The van der Waals surface area contributed by atoms with Crippen molar-refractivity contribution >= 4 is 38.0 Å². The minimum atomic E-state index is -3.95. The van der Waals surface area contributed by atoms with Gasteiger partial charge in [-0.2, -0.15) is 0 Å². The summed E-state index contributed by atoms with van der Waals surface area (Å²) in [4.78, 5) is 6.44. The molecule has 4 rings (SSSR count). The minimum Gasteiger partial charge on any atom is -0.370 e. The van der Waals surface area contributed by atoms with E-state index >= 15 is 0 Å². The summed E-state index contributed by atoms with van der Waals surface area (Å²) < 4.78 is 40.5. The first-order valence-electron chi connectivity index (χ1n) is 9.20. The van der Waals surface area contributed by atoms with Gasteiger partial charge in [-0.15, -0.1) is 0 Å². The van der Waals surface area contributed by atoms with Gasteiger partial charge < -0.3 is 4.90 Å². The van der Waals surface area contributed by atoms with Crippen LogP contribution >= 0.6 is 11.6 Å². The van der Waals surface area contributed by atoms with Gasteiger partial charge in [-0.05, 0) is 55.2 Å². The van der Waals surface area contributed by atoms with Gasteiger partial charge in [-0.25, -0.2) is 12.8 Å². The lowest BCUT2D eigenvalue weighted by Gasteiger charge is -2.34. The van der Waals surface area contributed by atoms with Gasteiger partial charge >= 0.3 is 0 Å². The van der Waals surface area contributed by atoms with Gasteiger partial charge in [0.1, 0.15) is 10.7 Å². The van der Waals surface area contributed by atoms with E-state index in [1.165, 1.54) is 24.4 Å². The molecule has 2 heterocycles. The first-order valence-corrected chi connectivity index (χ1v) is 11.1. The molecule has 0 amide bonds. The topological polar surface area (TPSA) is 50.3 Å². The van der Waals surface area contributed by atoms with Crippen molar-refractivity contribution in [2.75, 3.05) is 18.0 Å². The third kappa shape index (κ3) is 3.47. The van der Waals surface area contributed by atoms with Crippen LogP contribution in [0.3, 0.4) is 0 Å². The van der Waals surface area contributed by atoms with E-state index < -0.39 is 15.7 Å². The van der Waals surface area contributed by atoms with E-state index in [2.05, 4.69) is 16.8 Å². The molecule has 3 aromatic rings. The Labute approximate surface area is 168 Å². The summed E-state index contributed by atoms with van der Waals surface area (Å²) in [6.45, 7) is 3.69. The normalized spacial score (nSPS) is 15.9. The number of pyridine rings is 1. The fourth-order valence-electron chi connectivity index (χ4n) is 3.65. The lowest BCUT2D eigenvalue weighted by atomic mass is 9.98. The van der Waals surface area contributed by atoms with Gasteiger partial charge in [0.2, 0.25) is 9.84 Å². The Balaban J connectivity index is 1.96. The fraction of sp³-hybridized carbons (Fsp3) is 0.286. The minimum absolute atomic E-state index is 0.0812. The molecule has 0 saturated carbocycles. The van der Waals surface area contributed by atoms with Crippen LogP contribution in [0.1, 0.15) is 19.8 Å². The molecule has 0 unspecified atom stereocenters. The van der Waals surface area contributed by atoms with Crippen LogP contribution in [0, 0.1) is 11.7 Å². The van der Waals surface area contributed by atoms with Crippen molar-refractivity contribution in [1.29, 1.82) is 0 Å². The van der Waals surface area contributed by atoms with Crippen LogP contribution in [-0.4, -0.2) is 26.5 Å². The highest BCUT2D eigenvalue weighted by molar-refractivity contribution is 7.91. The molecule has 1 aliphatic rings. The maximum absolute atomic E-state index is 13.7. The van der Waals surface area contributed by atoms with Crippen LogP contribution in [0.5, 0.6) is 0 Å². The van der Waals surface area contributed by atoms with Crippen LogP contribution in [0.2, 0.25) is 5.02 Å². The number of nitrogens with zero attached hydrogens (tertiary/aromatic N) is 2. The highest BCUT2D eigenvalue weighted by Gasteiger charge is 2.28. The predicted molar refractivity (Wildman–Crippen MR) is 109 cm³/mol. The second-order valence-electron chi connectivity index (χ2n) is 7.26. The van der Waals surface area contributed by atoms with Gasteiger partial charge in [0.05, 0.1) is 16.1 Å². The summed E-state index contributed by atoms with van der Waals surface area (Å²) >= 11 is 6.21. The van der Waals surface area contributed by atoms with E-state index in [9.17, 15) is 12.8 Å². The Morgan fingerprint density at radius 3 is 2.61 bits per heavy atom. The van der Waals surface area contributed by atoms with Crippen molar-refractivity contribution in [1.82, 2.24) is 4.98 Å². The molecule has 1 aliphatic heterocycles. The van der Waals surface area contributed by atoms with Crippen molar-refractivity contribution in [3.63, 3.8) is 0 Å². The van der Waals surface area contributed by atoms with Crippen molar-refractivity contribution in [3.05, 3.63) is 59.5 Å². The van der Waals surface area contributed by atoms with E-state index in [1.54, 1.807) is 18.2 Å². The molecule has 0 N–H and O–H groups in total. The molecule has 7 heteroatoms. The zero-order valence-electron chi connectivity index (χ0n) is 15.4. The Morgan fingerprint density at radius 2 is 1.89 bits per heavy atom. The van der Waals surface area contributed by atoms with Crippen LogP contribution in [-0.2, 0) is 9.84 Å². The molecular weight excluding hydrogens is 399 g/mol. The Morgan fingerprint density at radius 1 is 1.14 bits per heavy atom. The summed E-state index contributed by atoms with van der Waals surface area (Å²) in [5, 5.41) is 1.21. The quantitative estimate of drug-likeness (QED) is 0.594. The molecule has 146 valence electrons. The van der Waals surface area contributed by atoms with Gasteiger partial charge in [-0.1, -0.05) is 24.6 Å². The summed E-state index contributed by atoms with van der Waals surface area (Å²) in [5.41, 5.74) is 1.28. The number of piperidine rings is 1. The fourth-order valence-corrected chi connectivity index (χ4v) is 5.29. The molecule has 0 atom stereocenters. The number of halogens is 2. The molecule has 2 aromatic carbocycles. The first-order chi connectivity index (χ1) is 13.4. The molecule has 4 nitrogen and oxygen atoms in total. The van der Waals surface area contributed by atoms with Crippen molar-refractivity contribution in [3.8, 4) is 0 Å². The van der Waals surface area contributed by atoms with E-state index in [0.717, 1.165) is 32.0 Å². The lowest BCUT2D eigenvalue weighted by molar-refractivity contribution is 0.437. The Bertz CT molecular complexity index is 1140. The first kappa shape index (κ1) is 19.2. The molecular formula is C21H20ClFN2O2S. The van der Waals surface area contributed by atoms with Crippen LogP contribution in [0.15, 0.2) is 58.5 Å².